The van der Waals surface area contributed by atoms with E-state index in [1.54, 1.807) is 41.3 Å². The highest BCUT2D eigenvalue weighted by Gasteiger charge is 2.29. The molecule has 0 radical (unpaired) electrons. The van der Waals surface area contributed by atoms with Crippen LogP contribution in [0.2, 0.25) is 0 Å². The predicted molar refractivity (Wildman–Crippen MR) is 103 cm³/mol. The van der Waals surface area contributed by atoms with Crippen molar-refractivity contribution in [1.29, 1.82) is 0 Å². The number of hydrogen-bond donors (Lipinski definition) is 0. The molecule has 0 aliphatic carbocycles. The average molecular weight is 372 g/mol. The highest BCUT2D eigenvalue weighted by Crippen LogP contribution is 2.26. The third-order valence-corrected chi connectivity index (χ3v) is 6.64. The molecule has 1 aliphatic rings. The maximum atomic E-state index is 13.2. The van der Waals surface area contributed by atoms with Crippen LogP contribution in [0.5, 0.6) is 0 Å². The van der Waals surface area contributed by atoms with Crippen LogP contribution in [0, 0.1) is 13.8 Å². The minimum Gasteiger partial charge on any atom is -0.341 e. The molecule has 1 heterocycles. The second kappa shape index (κ2) is 7.50. The van der Waals surface area contributed by atoms with Gasteiger partial charge in [-0.2, -0.15) is 0 Å². The number of carbonyl (C=O) groups is 1. The number of rotatable bonds is 5. The number of nitrogens with zero attached hydrogens (tertiary/aromatic N) is 2. The molecule has 2 aromatic rings. The van der Waals surface area contributed by atoms with Crippen LogP contribution in [0.15, 0.2) is 53.4 Å². The molecule has 1 fully saturated rings. The van der Waals surface area contributed by atoms with Gasteiger partial charge in [0.1, 0.15) is 6.54 Å². The van der Waals surface area contributed by atoms with Crippen molar-refractivity contribution >= 4 is 21.6 Å². The summed E-state index contributed by atoms with van der Waals surface area (Å²) >= 11 is 0. The third kappa shape index (κ3) is 3.75. The van der Waals surface area contributed by atoms with Gasteiger partial charge in [0.2, 0.25) is 5.91 Å². The van der Waals surface area contributed by atoms with E-state index in [1.165, 1.54) is 4.31 Å². The lowest BCUT2D eigenvalue weighted by atomic mass is 10.1. The number of anilines is 1. The molecule has 3 rings (SSSR count). The molecule has 0 unspecified atom stereocenters. The van der Waals surface area contributed by atoms with Gasteiger partial charge in [0, 0.05) is 13.1 Å². The van der Waals surface area contributed by atoms with Crippen molar-refractivity contribution in [2.45, 2.75) is 31.6 Å². The zero-order valence-electron chi connectivity index (χ0n) is 15.2. The normalized spacial score (nSPS) is 14.5. The van der Waals surface area contributed by atoms with E-state index in [-0.39, 0.29) is 17.3 Å². The van der Waals surface area contributed by atoms with E-state index in [0.717, 1.165) is 24.0 Å². The molecule has 6 heteroatoms. The largest absolute Gasteiger partial charge is 0.341 e. The van der Waals surface area contributed by atoms with Crippen molar-refractivity contribution in [3.05, 3.63) is 59.7 Å². The monoisotopic (exact) mass is 372 g/mol. The van der Waals surface area contributed by atoms with Gasteiger partial charge in [-0.1, -0.05) is 24.3 Å². The Hall–Kier alpha value is -2.34. The molecule has 138 valence electrons. The SMILES string of the molecule is Cc1ccc(N(CC(=O)N2CCCC2)S(=O)(=O)c2ccccc2)cc1C. The minimum atomic E-state index is -3.82. The number of hydrogen-bond acceptors (Lipinski definition) is 3. The Morgan fingerprint density at radius 1 is 1.00 bits per heavy atom. The molecular weight excluding hydrogens is 348 g/mol. The van der Waals surface area contributed by atoms with Gasteiger partial charge < -0.3 is 4.90 Å². The molecule has 0 N–H and O–H groups in total. The first-order valence-electron chi connectivity index (χ1n) is 8.82. The molecule has 0 atom stereocenters. The molecule has 5 nitrogen and oxygen atoms in total. The van der Waals surface area contributed by atoms with Crippen LogP contribution in [-0.2, 0) is 14.8 Å². The van der Waals surface area contributed by atoms with Crippen LogP contribution in [0.4, 0.5) is 5.69 Å². The first-order valence-corrected chi connectivity index (χ1v) is 10.3. The summed E-state index contributed by atoms with van der Waals surface area (Å²) in [6.45, 7) is 5.13. The maximum Gasteiger partial charge on any atom is 0.264 e. The summed E-state index contributed by atoms with van der Waals surface area (Å²) in [6, 6.07) is 13.7. The zero-order valence-corrected chi connectivity index (χ0v) is 16.0. The zero-order chi connectivity index (χ0) is 18.7. The smallest absolute Gasteiger partial charge is 0.264 e. The number of likely N-dealkylation sites (tertiary alicyclic amines) is 1. The topological polar surface area (TPSA) is 57.7 Å². The van der Waals surface area contributed by atoms with Gasteiger partial charge in [-0.25, -0.2) is 8.42 Å². The second-order valence-corrected chi connectivity index (χ2v) is 8.54. The number of amides is 1. The summed E-state index contributed by atoms with van der Waals surface area (Å²) in [4.78, 5) is 14.6. The Bertz CT molecular complexity index is 889. The quantitative estimate of drug-likeness (QED) is 0.810. The number of carbonyl (C=O) groups excluding carboxylic acids is 1. The van der Waals surface area contributed by atoms with Crippen molar-refractivity contribution in [1.82, 2.24) is 4.90 Å². The fourth-order valence-corrected chi connectivity index (χ4v) is 4.53. The average Bonchev–Trinajstić information content (AvgIpc) is 3.17. The summed E-state index contributed by atoms with van der Waals surface area (Å²) in [6.07, 6.45) is 1.95. The summed E-state index contributed by atoms with van der Waals surface area (Å²) in [5.41, 5.74) is 2.59. The Morgan fingerprint density at radius 3 is 2.27 bits per heavy atom. The van der Waals surface area contributed by atoms with E-state index in [2.05, 4.69) is 0 Å². The standard InChI is InChI=1S/C20H24N2O3S/c1-16-10-11-18(14-17(16)2)22(15-20(23)21-12-6-7-13-21)26(24,25)19-8-4-3-5-9-19/h3-5,8-11,14H,6-7,12-13,15H2,1-2H3. The van der Waals surface area contributed by atoms with E-state index >= 15 is 0 Å². The van der Waals surface area contributed by atoms with Crippen molar-refractivity contribution in [3.8, 4) is 0 Å². The number of aryl methyl sites for hydroxylation is 2. The van der Waals surface area contributed by atoms with Crippen molar-refractivity contribution in [2.24, 2.45) is 0 Å². The molecular formula is C20H24N2O3S. The Labute approximate surface area is 155 Å². The van der Waals surface area contributed by atoms with Crippen molar-refractivity contribution < 1.29 is 13.2 Å². The van der Waals surface area contributed by atoms with Gasteiger partial charge in [0.25, 0.3) is 10.0 Å². The first-order chi connectivity index (χ1) is 12.4. The van der Waals surface area contributed by atoms with E-state index in [9.17, 15) is 13.2 Å². The third-order valence-electron chi connectivity index (χ3n) is 4.85. The fourth-order valence-electron chi connectivity index (χ4n) is 3.10. The Balaban J connectivity index is 2.00. The van der Waals surface area contributed by atoms with Crippen LogP contribution in [0.25, 0.3) is 0 Å². The first kappa shape index (κ1) is 18.5. The minimum absolute atomic E-state index is 0.153. The lowest BCUT2D eigenvalue weighted by molar-refractivity contribution is -0.128. The summed E-state index contributed by atoms with van der Waals surface area (Å²) < 4.78 is 27.7. The lowest BCUT2D eigenvalue weighted by Gasteiger charge is -2.27. The van der Waals surface area contributed by atoms with Gasteiger partial charge in [-0.05, 0) is 62.1 Å². The van der Waals surface area contributed by atoms with E-state index < -0.39 is 10.0 Å². The van der Waals surface area contributed by atoms with Gasteiger partial charge in [0.15, 0.2) is 0 Å². The molecule has 1 saturated heterocycles. The van der Waals surface area contributed by atoms with Gasteiger partial charge in [0.05, 0.1) is 10.6 Å². The molecule has 1 amide bonds. The van der Waals surface area contributed by atoms with Gasteiger partial charge in [-0.15, -0.1) is 0 Å². The van der Waals surface area contributed by atoms with Crippen LogP contribution in [0.1, 0.15) is 24.0 Å². The van der Waals surface area contributed by atoms with Crippen molar-refractivity contribution in [3.63, 3.8) is 0 Å². The predicted octanol–water partition coefficient (Wildman–Crippen LogP) is 3.12. The van der Waals surface area contributed by atoms with Crippen LogP contribution >= 0.6 is 0 Å². The van der Waals surface area contributed by atoms with Gasteiger partial charge in [-0.3, -0.25) is 9.10 Å². The van der Waals surface area contributed by atoms with Crippen LogP contribution in [-0.4, -0.2) is 38.9 Å². The van der Waals surface area contributed by atoms with E-state index in [0.29, 0.717) is 18.8 Å². The van der Waals surface area contributed by atoms with E-state index in [4.69, 9.17) is 0 Å². The summed E-state index contributed by atoms with van der Waals surface area (Å²) in [5.74, 6) is -0.153. The van der Waals surface area contributed by atoms with Gasteiger partial charge >= 0.3 is 0 Å². The Morgan fingerprint density at radius 2 is 1.65 bits per heavy atom. The highest BCUT2D eigenvalue weighted by atomic mass is 32.2. The lowest BCUT2D eigenvalue weighted by Crippen LogP contribution is -2.42. The highest BCUT2D eigenvalue weighted by molar-refractivity contribution is 7.92. The number of benzene rings is 2. The summed E-state index contributed by atoms with van der Waals surface area (Å²) in [7, 11) is -3.82. The molecule has 2 aromatic carbocycles. The second-order valence-electron chi connectivity index (χ2n) is 6.68. The maximum absolute atomic E-state index is 13.2. The molecule has 0 aromatic heterocycles. The molecule has 1 aliphatic heterocycles. The number of sulfonamides is 1. The molecule has 0 bridgehead atoms. The van der Waals surface area contributed by atoms with Crippen LogP contribution in [0.3, 0.4) is 0 Å². The fraction of sp³-hybridized carbons (Fsp3) is 0.350. The van der Waals surface area contributed by atoms with Crippen molar-refractivity contribution in [2.75, 3.05) is 23.9 Å². The Kier molecular flexibility index (Phi) is 5.32. The van der Waals surface area contributed by atoms with Crippen LogP contribution < -0.4 is 4.31 Å². The molecule has 0 saturated carbocycles. The summed E-state index contributed by atoms with van der Waals surface area (Å²) in [5, 5.41) is 0. The molecule has 0 spiro atoms. The van der Waals surface area contributed by atoms with E-state index in [1.807, 2.05) is 26.0 Å². The molecule has 26 heavy (non-hydrogen) atoms.